The van der Waals surface area contributed by atoms with Crippen molar-refractivity contribution in [3.63, 3.8) is 0 Å². The van der Waals surface area contributed by atoms with Crippen LogP contribution in [0.25, 0.3) is 0 Å². The van der Waals surface area contributed by atoms with Crippen LogP contribution < -0.4 is 15.8 Å². The van der Waals surface area contributed by atoms with E-state index < -0.39 is 5.91 Å². The molecule has 1 saturated carbocycles. The first-order valence-electron chi connectivity index (χ1n) is 8.18. The number of benzene rings is 1. The standard InChI is InChI=1S/C17H23N3O3/c18-17(22)14-3-1-2-4-15(14)23-11-16(21)19-12-7-9-20(10-8-12)13-5-6-13/h1-4,12-13H,5-11H2,(H2,18,22)(H,19,21). The third-order valence-electron chi connectivity index (χ3n) is 4.47. The zero-order valence-corrected chi connectivity index (χ0v) is 13.2. The molecule has 3 N–H and O–H groups in total. The SMILES string of the molecule is NC(=O)c1ccccc1OCC(=O)NC1CCN(C2CC2)CC1. The van der Waals surface area contributed by atoms with Gasteiger partial charge in [-0.05, 0) is 37.8 Å². The van der Waals surface area contributed by atoms with Gasteiger partial charge in [-0.2, -0.15) is 0 Å². The van der Waals surface area contributed by atoms with Crippen LogP contribution in [0.1, 0.15) is 36.0 Å². The molecule has 1 aromatic carbocycles. The molecule has 2 fully saturated rings. The fraction of sp³-hybridized carbons (Fsp3) is 0.529. The van der Waals surface area contributed by atoms with E-state index in [1.54, 1.807) is 24.3 Å². The summed E-state index contributed by atoms with van der Waals surface area (Å²) in [5.74, 6) is -0.374. The Labute approximate surface area is 136 Å². The van der Waals surface area contributed by atoms with Gasteiger partial charge in [0.05, 0.1) is 5.56 Å². The smallest absolute Gasteiger partial charge is 0.258 e. The summed E-state index contributed by atoms with van der Waals surface area (Å²) in [6.45, 7) is 2.01. The van der Waals surface area contributed by atoms with Crippen molar-refractivity contribution >= 4 is 11.8 Å². The second kappa shape index (κ2) is 7.00. The van der Waals surface area contributed by atoms with Gasteiger partial charge in [0.15, 0.2) is 6.61 Å². The maximum absolute atomic E-state index is 12.0. The first kappa shape index (κ1) is 15.8. The zero-order chi connectivity index (χ0) is 16.2. The zero-order valence-electron chi connectivity index (χ0n) is 13.2. The van der Waals surface area contributed by atoms with Gasteiger partial charge in [-0.1, -0.05) is 12.1 Å². The molecule has 0 aromatic heterocycles. The van der Waals surface area contributed by atoms with Crippen molar-refractivity contribution in [3.05, 3.63) is 29.8 Å². The number of nitrogens with one attached hydrogen (secondary N) is 1. The summed E-state index contributed by atoms with van der Waals surface area (Å²) in [5, 5.41) is 3.01. The number of carbonyl (C=O) groups is 2. The number of carbonyl (C=O) groups excluding carboxylic acids is 2. The van der Waals surface area contributed by atoms with Crippen LogP contribution in [0.5, 0.6) is 5.75 Å². The van der Waals surface area contributed by atoms with Crippen molar-refractivity contribution in [3.8, 4) is 5.75 Å². The van der Waals surface area contributed by atoms with Crippen LogP contribution >= 0.6 is 0 Å². The van der Waals surface area contributed by atoms with Gasteiger partial charge < -0.3 is 20.7 Å². The predicted molar refractivity (Wildman–Crippen MR) is 86.2 cm³/mol. The number of rotatable bonds is 6. The number of primary amides is 1. The van der Waals surface area contributed by atoms with E-state index in [1.807, 2.05) is 0 Å². The summed E-state index contributed by atoms with van der Waals surface area (Å²) in [7, 11) is 0. The molecule has 6 heteroatoms. The van der Waals surface area contributed by atoms with Crippen LogP contribution in [-0.4, -0.2) is 48.5 Å². The second-order valence-electron chi connectivity index (χ2n) is 6.26. The fourth-order valence-corrected chi connectivity index (χ4v) is 3.06. The van der Waals surface area contributed by atoms with E-state index in [-0.39, 0.29) is 24.1 Å². The number of likely N-dealkylation sites (tertiary alicyclic amines) is 1. The minimum Gasteiger partial charge on any atom is -0.483 e. The van der Waals surface area contributed by atoms with E-state index in [0.717, 1.165) is 32.0 Å². The van der Waals surface area contributed by atoms with E-state index in [2.05, 4.69) is 10.2 Å². The highest BCUT2D eigenvalue weighted by atomic mass is 16.5. The predicted octanol–water partition coefficient (Wildman–Crippen LogP) is 0.907. The molecule has 0 unspecified atom stereocenters. The highest BCUT2D eigenvalue weighted by Gasteiger charge is 2.32. The van der Waals surface area contributed by atoms with Gasteiger partial charge in [0.25, 0.3) is 11.8 Å². The minimum atomic E-state index is -0.562. The van der Waals surface area contributed by atoms with Crippen LogP contribution in [0.4, 0.5) is 0 Å². The summed E-state index contributed by atoms with van der Waals surface area (Å²) in [6.07, 6.45) is 4.62. The van der Waals surface area contributed by atoms with Crippen molar-refractivity contribution in [1.29, 1.82) is 0 Å². The molecule has 1 aliphatic heterocycles. The molecule has 0 atom stereocenters. The van der Waals surface area contributed by atoms with E-state index in [4.69, 9.17) is 10.5 Å². The third-order valence-corrected chi connectivity index (χ3v) is 4.47. The molecule has 0 bridgehead atoms. The van der Waals surface area contributed by atoms with Crippen molar-refractivity contribution in [2.45, 2.75) is 37.8 Å². The molecule has 2 amide bonds. The minimum absolute atomic E-state index is 0.104. The van der Waals surface area contributed by atoms with Crippen molar-refractivity contribution in [1.82, 2.24) is 10.2 Å². The number of para-hydroxylation sites is 1. The Balaban J connectivity index is 1.44. The lowest BCUT2D eigenvalue weighted by Crippen LogP contribution is -2.46. The van der Waals surface area contributed by atoms with Gasteiger partial charge >= 0.3 is 0 Å². The normalized spacial score (nSPS) is 19.3. The van der Waals surface area contributed by atoms with Gasteiger partial charge in [0.2, 0.25) is 0 Å². The number of hydrogen-bond donors (Lipinski definition) is 2. The molecule has 23 heavy (non-hydrogen) atoms. The topological polar surface area (TPSA) is 84.7 Å². The summed E-state index contributed by atoms with van der Waals surface area (Å²) in [5.41, 5.74) is 5.58. The number of nitrogens with two attached hydrogens (primary N) is 1. The third kappa shape index (κ3) is 4.22. The fourth-order valence-electron chi connectivity index (χ4n) is 3.06. The quantitative estimate of drug-likeness (QED) is 0.816. The lowest BCUT2D eigenvalue weighted by atomic mass is 10.0. The molecular weight excluding hydrogens is 294 g/mol. The van der Waals surface area contributed by atoms with Gasteiger partial charge in [-0.3, -0.25) is 9.59 Å². The Morgan fingerprint density at radius 1 is 1.17 bits per heavy atom. The van der Waals surface area contributed by atoms with Crippen LogP contribution in [0.15, 0.2) is 24.3 Å². The van der Waals surface area contributed by atoms with E-state index in [9.17, 15) is 9.59 Å². The van der Waals surface area contributed by atoms with Crippen molar-refractivity contribution in [2.24, 2.45) is 5.73 Å². The average Bonchev–Trinajstić information content (AvgIpc) is 3.39. The Morgan fingerprint density at radius 2 is 1.87 bits per heavy atom. The lowest BCUT2D eigenvalue weighted by molar-refractivity contribution is -0.124. The second-order valence-corrected chi connectivity index (χ2v) is 6.26. The van der Waals surface area contributed by atoms with Gasteiger partial charge in [0.1, 0.15) is 5.75 Å². The summed E-state index contributed by atoms with van der Waals surface area (Å²) in [6, 6.07) is 7.69. The highest BCUT2D eigenvalue weighted by Crippen LogP contribution is 2.29. The summed E-state index contributed by atoms with van der Waals surface area (Å²) < 4.78 is 5.45. The maximum Gasteiger partial charge on any atom is 0.258 e. The van der Waals surface area contributed by atoms with Crippen molar-refractivity contribution in [2.75, 3.05) is 19.7 Å². The lowest BCUT2D eigenvalue weighted by Gasteiger charge is -2.32. The Morgan fingerprint density at radius 3 is 2.52 bits per heavy atom. The van der Waals surface area contributed by atoms with Crippen LogP contribution in [0, 0.1) is 0 Å². The molecule has 1 aromatic rings. The molecule has 1 saturated heterocycles. The van der Waals surface area contributed by atoms with E-state index in [0.29, 0.717) is 5.75 Å². The molecular formula is C17H23N3O3. The number of hydrogen-bond acceptors (Lipinski definition) is 4. The first-order chi connectivity index (χ1) is 11.1. The molecule has 124 valence electrons. The maximum atomic E-state index is 12.0. The molecule has 6 nitrogen and oxygen atoms in total. The van der Waals surface area contributed by atoms with Gasteiger partial charge in [-0.25, -0.2) is 0 Å². The van der Waals surface area contributed by atoms with Crippen molar-refractivity contribution < 1.29 is 14.3 Å². The van der Waals surface area contributed by atoms with Crippen LogP contribution in [-0.2, 0) is 4.79 Å². The monoisotopic (exact) mass is 317 g/mol. The molecule has 0 spiro atoms. The largest absolute Gasteiger partial charge is 0.483 e. The Bertz CT molecular complexity index is 578. The van der Waals surface area contributed by atoms with Gasteiger partial charge in [0, 0.05) is 25.2 Å². The Kier molecular flexibility index (Phi) is 4.81. The van der Waals surface area contributed by atoms with E-state index in [1.165, 1.54) is 12.8 Å². The number of nitrogens with zero attached hydrogens (tertiary/aromatic N) is 1. The van der Waals surface area contributed by atoms with E-state index >= 15 is 0 Å². The Hall–Kier alpha value is -2.08. The number of piperidine rings is 1. The molecule has 1 heterocycles. The number of ether oxygens (including phenoxy) is 1. The highest BCUT2D eigenvalue weighted by molar-refractivity contribution is 5.95. The van der Waals surface area contributed by atoms with Crippen LogP contribution in [0.2, 0.25) is 0 Å². The molecule has 1 aliphatic carbocycles. The molecule has 3 rings (SSSR count). The summed E-state index contributed by atoms with van der Waals surface area (Å²) in [4.78, 5) is 25.9. The first-order valence-corrected chi connectivity index (χ1v) is 8.18. The number of amides is 2. The molecule has 2 aliphatic rings. The van der Waals surface area contributed by atoms with Crippen LogP contribution in [0.3, 0.4) is 0 Å². The molecule has 0 radical (unpaired) electrons. The average molecular weight is 317 g/mol. The summed E-state index contributed by atoms with van der Waals surface area (Å²) >= 11 is 0. The van der Waals surface area contributed by atoms with Gasteiger partial charge in [-0.15, -0.1) is 0 Å².